The minimum absolute atomic E-state index is 0.102. The Labute approximate surface area is 130 Å². The molecule has 118 valence electrons. The first-order valence-corrected chi connectivity index (χ1v) is 6.82. The Morgan fingerprint density at radius 3 is 2.48 bits per heavy atom. The molecule has 0 aliphatic heterocycles. The van der Waals surface area contributed by atoms with Gasteiger partial charge in [0.2, 0.25) is 5.95 Å². The van der Waals surface area contributed by atoms with E-state index in [0.29, 0.717) is 22.4 Å². The summed E-state index contributed by atoms with van der Waals surface area (Å²) in [6, 6.07) is 10.2. The molecule has 0 saturated carbocycles. The van der Waals surface area contributed by atoms with Gasteiger partial charge in [-0.25, -0.2) is 4.98 Å². The summed E-state index contributed by atoms with van der Waals surface area (Å²) in [6.07, 6.45) is -4.42. The van der Waals surface area contributed by atoms with Crippen molar-refractivity contribution in [2.75, 3.05) is 18.1 Å². The van der Waals surface area contributed by atoms with E-state index in [2.05, 4.69) is 15.3 Å². The topological polar surface area (TPSA) is 63.8 Å². The fraction of sp³-hybridized carbons (Fsp3) is 0.125. The Morgan fingerprint density at radius 2 is 1.78 bits per heavy atom. The molecule has 3 aromatic rings. The Morgan fingerprint density at radius 1 is 1.04 bits per heavy atom. The zero-order valence-electron chi connectivity index (χ0n) is 12.1. The molecule has 0 bridgehead atoms. The predicted octanol–water partition coefficient (Wildman–Crippen LogP) is 3.94. The maximum absolute atomic E-state index is 13.2. The zero-order chi connectivity index (χ0) is 16.6. The van der Waals surface area contributed by atoms with E-state index in [9.17, 15) is 13.2 Å². The van der Waals surface area contributed by atoms with Gasteiger partial charge in [-0.15, -0.1) is 0 Å². The third-order valence-electron chi connectivity index (χ3n) is 3.49. The minimum atomic E-state index is -4.42. The highest BCUT2D eigenvalue weighted by atomic mass is 19.4. The van der Waals surface area contributed by atoms with Gasteiger partial charge in [-0.1, -0.05) is 24.3 Å². The summed E-state index contributed by atoms with van der Waals surface area (Å²) in [7, 11) is 1.64. The SMILES string of the molecule is CNc1nc(N)c2ccc(-c3ccccc3C(F)(F)F)cc2n1. The maximum atomic E-state index is 13.2. The van der Waals surface area contributed by atoms with Crippen LogP contribution in [-0.4, -0.2) is 17.0 Å². The predicted molar refractivity (Wildman–Crippen MR) is 83.9 cm³/mol. The van der Waals surface area contributed by atoms with E-state index >= 15 is 0 Å². The highest BCUT2D eigenvalue weighted by Gasteiger charge is 2.33. The van der Waals surface area contributed by atoms with E-state index in [-0.39, 0.29) is 11.4 Å². The molecule has 0 spiro atoms. The minimum Gasteiger partial charge on any atom is -0.383 e. The van der Waals surface area contributed by atoms with E-state index in [1.165, 1.54) is 12.1 Å². The first-order valence-electron chi connectivity index (χ1n) is 6.82. The molecule has 2 aromatic carbocycles. The van der Waals surface area contributed by atoms with Crippen molar-refractivity contribution in [2.24, 2.45) is 0 Å². The molecule has 0 unspecified atom stereocenters. The number of nitrogen functional groups attached to an aromatic ring is 1. The molecule has 1 aromatic heterocycles. The molecule has 0 amide bonds. The quantitative estimate of drug-likeness (QED) is 0.751. The highest BCUT2D eigenvalue weighted by Crippen LogP contribution is 2.37. The molecular formula is C16H13F3N4. The molecule has 0 saturated heterocycles. The molecule has 0 atom stereocenters. The number of benzene rings is 2. The van der Waals surface area contributed by atoms with Crippen LogP contribution >= 0.6 is 0 Å². The first-order chi connectivity index (χ1) is 10.9. The summed E-state index contributed by atoms with van der Waals surface area (Å²) in [5, 5.41) is 3.37. The van der Waals surface area contributed by atoms with Gasteiger partial charge >= 0.3 is 6.18 Å². The third-order valence-corrected chi connectivity index (χ3v) is 3.49. The van der Waals surface area contributed by atoms with E-state index in [1.54, 1.807) is 31.3 Å². The molecule has 23 heavy (non-hydrogen) atoms. The first kappa shape index (κ1) is 15.1. The van der Waals surface area contributed by atoms with Crippen LogP contribution in [0.3, 0.4) is 0 Å². The number of rotatable bonds is 2. The van der Waals surface area contributed by atoms with Gasteiger partial charge in [0.25, 0.3) is 0 Å². The van der Waals surface area contributed by atoms with Crippen LogP contribution in [0.15, 0.2) is 42.5 Å². The number of halogens is 3. The van der Waals surface area contributed by atoms with Crippen molar-refractivity contribution in [3.63, 3.8) is 0 Å². The van der Waals surface area contributed by atoms with Crippen LogP contribution in [0.5, 0.6) is 0 Å². The van der Waals surface area contributed by atoms with Crippen molar-refractivity contribution in [3.8, 4) is 11.1 Å². The second-order valence-electron chi connectivity index (χ2n) is 4.96. The second-order valence-corrected chi connectivity index (χ2v) is 4.96. The largest absolute Gasteiger partial charge is 0.417 e. The molecule has 3 N–H and O–H groups in total. The zero-order valence-corrected chi connectivity index (χ0v) is 12.1. The summed E-state index contributed by atoms with van der Waals surface area (Å²) in [4.78, 5) is 8.30. The molecule has 0 radical (unpaired) electrons. The summed E-state index contributed by atoms with van der Waals surface area (Å²) < 4.78 is 39.5. The number of alkyl halides is 3. The molecule has 3 rings (SSSR count). The second kappa shape index (κ2) is 5.42. The molecule has 0 aliphatic carbocycles. The van der Waals surface area contributed by atoms with Gasteiger partial charge < -0.3 is 11.1 Å². The third kappa shape index (κ3) is 2.77. The lowest BCUT2D eigenvalue weighted by molar-refractivity contribution is -0.137. The van der Waals surface area contributed by atoms with Gasteiger partial charge in [0.15, 0.2) is 0 Å². The summed E-state index contributed by atoms with van der Waals surface area (Å²) in [5.41, 5.74) is 6.17. The number of anilines is 2. The average molecular weight is 318 g/mol. The summed E-state index contributed by atoms with van der Waals surface area (Å²) in [6.45, 7) is 0. The number of hydrogen-bond acceptors (Lipinski definition) is 4. The number of aromatic nitrogens is 2. The molecule has 4 nitrogen and oxygen atoms in total. The fourth-order valence-electron chi connectivity index (χ4n) is 2.42. The molecule has 7 heteroatoms. The van der Waals surface area contributed by atoms with Crippen LogP contribution in [0.25, 0.3) is 22.0 Å². The Hall–Kier alpha value is -2.83. The Bertz CT molecular complexity index is 875. The number of nitrogens with one attached hydrogen (secondary N) is 1. The lowest BCUT2D eigenvalue weighted by Crippen LogP contribution is -2.07. The fourth-order valence-corrected chi connectivity index (χ4v) is 2.42. The smallest absolute Gasteiger partial charge is 0.383 e. The molecule has 0 aliphatic rings. The average Bonchev–Trinajstić information content (AvgIpc) is 2.53. The van der Waals surface area contributed by atoms with Gasteiger partial charge in [-0.2, -0.15) is 18.2 Å². The van der Waals surface area contributed by atoms with Crippen LogP contribution in [0.2, 0.25) is 0 Å². The number of nitrogens with two attached hydrogens (primary N) is 1. The van der Waals surface area contributed by atoms with Crippen molar-refractivity contribution in [1.29, 1.82) is 0 Å². The van der Waals surface area contributed by atoms with Crippen molar-refractivity contribution in [1.82, 2.24) is 9.97 Å². The van der Waals surface area contributed by atoms with Gasteiger partial charge in [0, 0.05) is 12.4 Å². The Kier molecular flexibility index (Phi) is 3.55. The van der Waals surface area contributed by atoms with Crippen molar-refractivity contribution in [2.45, 2.75) is 6.18 Å². The summed E-state index contributed by atoms with van der Waals surface area (Å²) >= 11 is 0. The normalized spacial score (nSPS) is 11.7. The lowest BCUT2D eigenvalue weighted by atomic mass is 9.98. The van der Waals surface area contributed by atoms with Gasteiger partial charge in [0.05, 0.1) is 11.1 Å². The maximum Gasteiger partial charge on any atom is 0.417 e. The van der Waals surface area contributed by atoms with Crippen LogP contribution in [0.4, 0.5) is 24.9 Å². The molecule has 1 heterocycles. The van der Waals surface area contributed by atoms with Crippen molar-refractivity contribution in [3.05, 3.63) is 48.0 Å². The van der Waals surface area contributed by atoms with E-state index < -0.39 is 11.7 Å². The highest BCUT2D eigenvalue weighted by molar-refractivity contribution is 5.92. The standard InChI is InChI=1S/C16H13F3N4/c1-21-15-22-13-8-9(6-7-11(13)14(20)23-15)10-4-2-3-5-12(10)16(17,18)19/h2-8H,1H3,(H3,20,21,22,23). The van der Waals surface area contributed by atoms with Crippen LogP contribution < -0.4 is 11.1 Å². The van der Waals surface area contributed by atoms with E-state index in [0.717, 1.165) is 6.07 Å². The van der Waals surface area contributed by atoms with Crippen LogP contribution in [0, 0.1) is 0 Å². The lowest BCUT2D eigenvalue weighted by Gasteiger charge is -2.13. The summed E-state index contributed by atoms with van der Waals surface area (Å²) in [5.74, 6) is 0.589. The molecule has 0 fully saturated rings. The monoisotopic (exact) mass is 318 g/mol. The number of hydrogen-bond donors (Lipinski definition) is 2. The van der Waals surface area contributed by atoms with Gasteiger partial charge in [-0.05, 0) is 29.3 Å². The number of fused-ring (bicyclic) bond motifs is 1. The van der Waals surface area contributed by atoms with E-state index in [4.69, 9.17) is 5.73 Å². The van der Waals surface area contributed by atoms with Crippen LogP contribution in [0.1, 0.15) is 5.56 Å². The molecular weight excluding hydrogens is 305 g/mol. The Balaban J connectivity index is 2.22. The van der Waals surface area contributed by atoms with Crippen LogP contribution in [-0.2, 0) is 6.18 Å². The van der Waals surface area contributed by atoms with Gasteiger partial charge in [0.1, 0.15) is 5.82 Å². The number of nitrogens with zero attached hydrogens (tertiary/aromatic N) is 2. The van der Waals surface area contributed by atoms with E-state index in [1.807, 2.05) is 0 Å². The van der Waals surface area contributed by atoms with Crippen molar-refractivity contribution < 1.29 is 13.2 Å². The van der Waals surface area contributed by atoms with Gasteiger partial charge in [-0.3, -0.25) is 0 Å². The van der Waals surface area contributed by atoms with Crippen molar-refractivity contribution >= 4 is 22.7 Å².